The molecule has 0 aliphatic carbocycles. The van der Waals surface area contributed by atoms with Crippen LogP contribution in [0, 0.1) is 0 Å². The zero-order chi connectivity index (χ0) is 12.2. The van der Waals surface area contributed by atoms with Gasteiger partial charge in [-0.2, -0.15) is 0 Å². The van der Waals surface area contributed by atoms with E-state index in [0.29, 0.717) is 12.8 Å². The van der Waals surface area contributed by atoms with Crippen LogP contribution in [0.15, 0.2) is 17.6 Å². The lowest BCUT2D eigenvalue weighted by Crippen LogP contribution is -2.50. The monoisotopic (exact) mass is 247 g/mol. The molecule has 1 aromatic rings. The standard InChI is InChI=1S/C9H17N3O3S/c1-3-9(4-2,6-13)12-16(14,15)8-5-10-7-11-8/h5,7,12-13H,3-4,6H2,1-2H3,(H,10,11). The third-order valence-electron chi connectivity index (χ3n) is 2.77. The SMILES string of the molecule is CCC(CC)(CO)NS(=O)(=O)c1cnc[nH]1. The summed E-state index contributed by atoms with van der Waals surface area (Å²) in [4.78, 5) is 6.19. The van der Waals surface area contributed by atoms with Crippen molar-refractivity contribution in [2.24, 2.45) is 0 Å². The fraction of sp³-hybridized carbons (Fsp3) is 0.667. The van der Waals surface area contributed by atoms with E-state index in [2.05, 4.69) is 14.7 Å². The summed E-state index contributed by atoms with van der Waals surface area (Å²) in [5.74, 6) is 0. The van der Waals surface area contributed by atoms with E-state index in [9.17, 15) is 13.5 Å². The molecule has 7 heteroatoms. The fourth-order valence-corrected chi connectivity index (χ4v) is 2.82. The second-order valence-electron chi connectivity index (χ2n) is 3.67. The molecule has 0 unspecified atom stereocenters. The normalized spacial score (nSPS) is 12.9. The first kappa shape index (κ1) is 13.1. The van der Waals surface area contributed by atoms with E-state index in [-0.39, 0.29) is 11.6 Å². The summed E-state index contributed by atoms with van der Waals surface area (Å²) in [5.41, 5.74) is -0.802. The summed E-state index contributed by atoms with van der Waals surface area (Å²) in [7, 11) is -3.64. The van der Waals surface area contributed by atoms with Crippen molar-refractivity contribution < 1.29 is 13.5 Å². The van der Waals surface area contributed by atoms with Gasteiger partial charge in [-0.1, -0.05) is 13.8 Å². The molecule has 92 valence electrons. The van der Waals surface area contributed by atoms with Gasteiger partial charge in [-0.15, -0.1) is 0 Å². The first-order chi connectivity index (χ1) is 7.49. The molecule has 1 rings (SSSR count). The maximum Gasteiger partial charge on any atom is 0.258 e. The number of hydrogen-bond acceptors (Lipinski definition) is 4. The number of hydrogen-bond donors (Lipinski definition) is 3. The highest BCUT2D eigenvalue weighted by molar-refractivity contribution is 7.89. The van der Waals surface area contributed by atoms with Gasteiger partial charge in [0.05, 0.1) is 24.7 Å². The zero-order valence-corrected chi connectivity index (χ0v) is 10.2. The number of H-pyrrole nitrogens is 1. The third kappa shape index (κ3) is 2.60. The van der Waals surface area contributed by atoms with Gasteiger partial charge in [0, 0.05) is 0 Å². The fourth-order valence-electron chi connectivity index (χ4n) is 1.38. The highest BCUT2D eigenvalue weighted by Gasteiger charge is 2.31. The minimum absolute atomic E-state index is 0.00669. The number of aliphatic hydroxyl groups excluding tert-OH is 1. The Bertz CT molecular complexity index is 401. The summed E-state index contributed by atoms with van der Waals surface area (Å²) in [6, 6.07) is 0. The number of nitrogens with zero attached hydrogens (tertiary/aromatic N) is 1. The van der Waals surface area contributed by atoms with Crippen LogP contribution in [0.5, 0.6) is 0 Å². The van der Waals surface area contributed by atoms with Gasteiger partial charge in [-0.3, -0.25) is 0 Å². The average molecular weight is 247 g/mol. The molecule has 0 radical (unpaired) electrons. The smallest absolute Gasteiger partial charge is 0.258 e. The lowest BCUT2D eigenvalue weighted by atomic mass is 9.96. The van der Waals surface area contributed by atoms with Crippen LogP contribution in [0.25, 0.3) is 0 Å². The largest absolute Gasteiger partial charge is 0.394 e. The molecule has 0 saturated heterocycles. The Hall–Kier alpha value is -0.920. The molecule has 0 aliphatic rings. The number of nitrogens with one attached hydrogen (secondary N) is 2. The highest BCUT2D eigenvalue weighted by Crippen LogP contribution is 2.17. The Kier molecular flexibility index (Phi) is 4.06. The maximum atomic E-state index is 11.9. The topological polar surface area (TPSA) is 95.1 Å². The predicted octanol–water partition coefficient (Wildman–Crippen LogP) is 0.239. The van der Waals surface area contributed by atoms with E-state index >= 15 is 0 Å². The zero-order valence-electron chi connectivity index (χ0n) is 9.40. The number of aliphatic hydroxyl groups is 1. The van der Waals surface area contributed by atoms with Crippen molar-refractivity contribution in [1.82, 2.24) is 14.7 Å². The van der Waals surface area contributed by atoms with E-state index in [1.165, 1.54) is 12.5 Å². The summed E-state index contributed by atoms with van der Waals surface area (Å²) in [5, 5.41) is 9.29. The van der Waals surface area contributed by atoms with E-state index in [0.717, 1.165) is 0 Å². The van der Waals surface area contributed by atoms with E-state index in [4.69, 9.17) is 0 Å². The van der Waals surface area contributed by atoms with Crippen LogP contribution in [0.4, 0.5) is 0 Å². The predicted molar refractivity (Wildman–Crippen MR) is 59.3 cm³/mol. The van der Waals surface area contributed by atoms with Crippen molar-refractivity contribution in [3.8, 4) is 0 Å². The summed E-state index contributed by atoms with van der Waals surface area (Å²) < 4.78 is 26.3. The average Bonchev–Trinajstić information content (AvgIpc) is 2.80. The Morgan fingerprint density at radius 3 is 2.50 bits per heavy atom. The molecule has 3 N–H and O–H groups in total. The van der Waals surface area contributed by atoms with Gasteiger partial charge in [0.15, 0.2) is 5.03 Å². The summed E-state index contributed by atoms with van der Waals surface area (Å²) in [6.07, 6.45) is 3.57. The van der Waals surface area contributed by atoms with Gasteiger partial charge in [-0.25, -0.2) is 18.1 Å². The van der Waals surface area contributed by atoms with Crippen LogP contribution in [-0.4, -0.2) is 35.6 Å². The van der Waals surface area contributed by atoms with Gasteiger partial charge < -0.3 is 10.1 Å². The Balaban J connectivity index is 2.96. The number of aromatic amines is 1. The van der Waals surface area contributed by atoms with Crippen molar-refractivity contribution in [3.63, 3.8) is 0 Å². The molecule has 0 fully saturated rings. The van der Waals surface area contributed by atoms with E-state index in [1.54, 1.807) is 0 Å². The minimum atomic E-state index is -3.64. The second kappa shape index (κ2) is 4.94. The molecule has 0 amide bonds. The van der Waals surface area contributed by atoms with Gasteiger partial charge in [0.2, 0.25) is 0 Å². The Labute approximate surface area is 95.2 Å². The minimum Gasteiger partial charge on any atom is -0.394 e. The van der Waals surface area contributed by atoms with Crippen LogP contribution in [0.1, 0.15) is 26.7 Å². The van der Waals surface area contributed by atoms with Crippen LogP contribution in [-0.2, 0) is 10.0 Å². The molecule has 6 nitrogen and oxygen atoms in total. The Morgan fingerprint density at radius 2 is 2.12 bits per heavy atom. The van der Waals surface area contributed by atoms with Crippen LogP contribution < -0.4 is 4.72 Å². The van der Waals surface area contributed by atoms with Crippen LogP contribution in [0.3, 0.4) is 0 Å². The van der Waals surface area contributed by atoms with Crippen molar-refractivity contribution in [1.29, 1.82) is 0 Å². The van der Waals surface area contributed by atoms with E-state index in [1.807, 2.05) is 13.8 Å². The maximum absolute atomic E-state index is 11.9. The van der Waals surface area contributed by atoms with Gasteiger partial charge in [-0.05, 0) is 12.8 Å². The van der Waals surface area contributed by atoms with Crippen LogP contribution >= 0.6 is 0 Å². The molecule has 0 aliphatic heterocycles. The van der Waals surface area contributed by atoms with Gasteiger partial charge in [0.1, 0.15) is 0 Å². The first-order valence-electron chi connectivity index (χ1n) is 5.13. The number of sulfonamides is 1. The number of imidazole rings is 1. The van der Waals surface area contributed by atoms with E-state index < -0.39 is 15.6 Å². The summed E-state index contributed by atoms with van der Waals surface area (Å²) >= 11 is 0. The molecule has 16 heavy (non-hydrogen) atoms. The molecule has 0 atom stereocenters. The van der Waals surface area contributed by atoms with Crippen LogP contribution in [0.2, 0.25) is 0 Å². The lowest BCUT2D eigenvalue weighted by Gasteiger charge is -2.29. The van der Waals surface area contributed by atoms with Crippen molar-refractivity contribution in [2.75, 3.05) is 6.61 Å². The van der Waals surface area contributed by atoms with Gasteiger partial charge in [0.25, 0.3) is 10.0 Å². The summed E-state index contributed by atoms with van der Waals surface area (Å²) in [6.45, 7) is 3.43. The van der Waals surface area contributed by atoms with Crippen molar-refractivity contribution >= 4 is 10.0 Å². The molecule has 0 spiro atoms. The molecule has 0 bridgehead atoms. The molecule has 1 aromatic heterocycles. The second-order valence-corrected chi connectivity index (χ2v) is 5.32. The molecule has 1 heterocycles. The molecular weight excluding hydrogens is 230 g/mol. The molecule has 0 saturated carbocycles. The molecule has 0 aromatic carbocycles. The Morgan fingerprint density at radius 1 is 1.50 bits per heavy atom. The number of rotatable bonds is 6. The third-order valence-corrected chi connectivity index (χ3v) is 4.27. The highest BCUT2D eigenvalue weighted by atomic mass is 32.2. The first-order valence-corrected chi connectivity index (χ1v) is 6.61. The molecular formula is C9H17N3O3S. The van der Waals surface area contributed by atoms with Crippen molar-refractivity contribution in [3.05, 3.63) is 12.5 Å². The van der Waals surface area contributed by atoms with Crippen molar-refractivity contribution in [2.45, 2.75) is 37.3 Å². The number of aromatic nitrogens is 2. The lowest BCUT2D eigenvalue weighted by molar-refractivity contribution is 0.172. The quantitative estimate of drug-likeness (QED) is 0.671. The van der Waals surface area contributed by atoms with Gasteiger partial charge >= 0.3 is 0 Å².